The van der Waals surface area contributed by atoms with Crippen LogP contribution in [0.3, 0.4) is 0 Å². The van der Waals surface area contributed by atoms with Crippen molar-refractivity contribution in [1.29, 1.82) is 0 Å². The smallest absolute Gasteiger partial charge is 0.294 e. The van der Waals surface area contributed by atoms with Crippen LogP contribution in [0.2, 0.25) is 0 Å². The molecular weight excluding hydrogens is 408 g/mol. The Balaban J connectivity index is 1.83. The van der Waals surface area contributed by atoms with Crippen LogP contribution in [-0.4, -0.2) is 61.5 Å². The molecule has 0 aliphatic heterocycles. The zero-order chi connectivity index (χ0) is 21.9. The Hall–Kier alpha value is -2.85. The Labute approximate surface area is 175 Å². The number of amides is 1. The second kappa shape index (κ2) is 8.88. The normalized spacial score (nSPS) is 11.9. The lowest BCUT2D eigenvalue weighted by Gasteiger charge is -2.17. The topological polar surface area (TPSA) is 97.4 Å². The molecule has 0 spiro atoms. The van der Waals surface area contributed by atoms with E-state index < -0.39 is 10.0 Å². The predicted molar refractivity (Wildman–Crippen MR) is 114 cm³/mol. The second-order valence-corrected chi connectivity index (χ2v) is 9.02. The van der Waals surface area contributed by atoms with Crippen LogP contribution in [-0.2, 0) is 16.4 Å². The van der Waals surface area contributed by atoms with Crippen molar-refractivity contribution in [3.63, 3.8) is 0 Å². The van der Waals surface area contributed by atoms with Gasteiger partial charge >= 0.3 is 0 Å². The minimum Gasteiger partial charge on any atom is -0.490 e. The lowest BCUT2D eigenvalue weighted by Crippen LogP contribution is -2.28. The number of carbonyl (C=O) groups excluding carboxylic acids is 1. The summed E-state index contributed by atoms with van der Waals surface area (Å²) in [5.74, 6) is 1.19. The van der Waals surface area contributed by atoms with Crippen LogP contribution in [0.5, 0.6) is 5.75 Å². The predicted octanol–water partition coefficient (Wildman–Crippen LogP) is 2.43. The molecule has 0 radical (unpaired) electrons. The number of rotatable bonds is 9. The molecule has 0 fully saturated rings. The van der Waals surface area contributed by atoms with E-state index in [0.29, 0.717) is 43.2 Å². The van der Waals surface area contributed by atoms with Gasteiger partial charge in [0, 0.05) is 26.8 Å². The summed E-state index contributed by atoms with van der Waals surface area (Å²) in [5, 5.41) is 0. The molecule has 10 heteroatoms. The molecule has 0 unspecified atom stereocenters. The van der Waals surface area contributed by atoms with Crippen LogP contribution in [0.4, 0.5) is 5.82 Å². The van der Waals surface area contributed by atoms with Gasteiger partial charge in [0.2, 0.25) is 10.0 Å². The number of anilines is 1. The molecule has 3 heterocycles. The van der Waals surface area contributed by atoms with Gasteiger partial charge in [0.25, 0.3) is 5.91 Å². The number of carbonyl (C=O) groups is 1. The first-order chi connectivity index (χ1) is 14.2. The highest BCUT2D eigenvalue weighted by Gasteiger charge is 2.24. The Morgan fingerprint density at radius 3 is 2.67 bits per heavy atom. The van der Waals surface area contributed by atoms with E-state index in [2.05, 4.69) is 4.98 Å². The zero-order valence-corrected chi connectivity index (χ0v) is 18.3. The number of nitrogens with zero attached hydrogens (tertiary/aromatic N) is 4. The maximum atomic E-state index is 12.8. The second-order valence-electron chi connectivity index (χ2n) is 6.93. The van der Waals surface area contributed by atoms with Crippen LogP contribution in [0.25, 0.3) is 5.65 Å². The van der Waals surface area contributed by atoms with Gasteiger partial charge in [0.15, 0.2) is 17.2 Å². The molecule has 0 bridgehead atoms. The number of aryl methyl sites for hydroxylation is 1. The molecular formula is C20H26N4O5S. The monoisotopic (exact) mass is 434 g/mol. The summed E-state index contributed by atoms with van der Waals surface area (Å²) in [5.41, 5.74) is 1.35. The molecule has 0 saturated heterocycles. The lowest BCUT2D eigenvalue weighted by atomic mass is 10.3. The molecule has 0 N–H and O–H groups in total. The Morgan fingerprint density at radius 1 is 1.27 bits per heavy atom. The molecule has 0 atom stereocenters. The number of pyridine rings is 1. The average Bonchev–Trinajstić information content (AvgIpc) is 3.37. The summed E-state index contributed by atoms with van der Waals surface area (Å²) in [6.45, 7) is 2.67. The van der Waals surface area contributed by atoms with Gasteiger partial charge in [-0.1, -0.05) is 6.92 Å². The fourth-order valence-corrected chi connectivity index (χ4v) is 3.54. The van der Waals surface area contributed by atoms with Gasteiger partial charge in [0.1, 0.15) is 5.82 Å². The van der Waals surface area contributed by atoms with Crippen LogP contribution < -0.4 is 9.64 Å². The van der Waals surface area contributed by atoms with Crippen LogP contribution in [0.1, 0.15) is 29.6 Å². The highest BCUT2D eigenvalue weighted by Crippen LogP contribution is 2.29. The van der Waals surface area contributed by atoms with E-state index in [1.54, 1.807) is 25.2 Å². The van der Waals surface area contributed by atoms with Crippen LogP contribution in [0, 0.1) is 0 Å². The van der Waals surface area contributed by atoms with E-state index in [-0.39, 0.29) is 11.7 Å². The van der Waals surface area contributed by atoms with E-state index in [1.165, 1.54) is 28.8 Å². The van der Waals surface area contributed by atoms with Gasteiger partial charge in [-0.15, -0.1) is 0 Å². The van der Waals surface area contributed by atoms with Gasteiger partial charge in [0.05, 0.1) is 24.8 Å². The van der Waals surface area contributed by atoms with E-state index in [0.717, 1.165) is 5.69 Å². The van der Waals surface area contributed by atoms with Crippen molar-refractivity contribution < 1.29 is 22.4 Å². The van der Waals surface area contributed by atoms with Crippen LogP contribution >= 0.6 is 0 Å². The number of fused-ring (bicyclic) bond motifs is 1. The molecule has 0 aliphatic rings. The van der Waals surface area contributed by atoms with Crippen molar-refractivity contribution in [2.45, 2.75) is 19.8 Å². The quantitative estimate of drug-likeness (QED) is 0.480. The maximum Gasteiger partial charge on any atom is 0.294 e. The van der Waals surface area contributed by atoms with Crippen molar-refractivity contribution >= 4 is 27.4 Å². The molecule has 0 aliphatic carbocycles. The van der Waals surface area contributed by atoms with Crippen molar-refractivity contribution in [2.75, 3.05) is 38.4 Å². The van der Waals surface area contributed by atoms with Crippen molar-refractivity contribution in [2.24, 2.45) is 0 Å². The Bertz CT molecular complexity index is 1120. The minimum atomic E-state index is -3.21. The van der Waals surface area contributed by atoms with Crippen LogP contribution in [0.15, 0.2) is 41.1 Å². The number of hydrogen-bond acceptors (Lipinski definition) is 6. The highest BCUT2D eigenvalue weighted by molar-refractivity contribution is 7.88. The summed E-state index contributed by atoms with van der Waals surface area (Å²) >= 11 is 0. The van der Waals surface area contributed by atoms with Crippen molar-refractivity contribution in [3.8, 4) is 5.75 Å². The summed E-state index contributed by atoms with van der Waals surface area (Å²) < 4.78 is 37.2. The zero-order valence-electron chi connectivity index (χ0n) is 17.5. The number of hydrogen-bond donors (Lipinski definition) is 0. The van der Waals surface area contributed by atoms with E-state index in [4.69, 9.17) is 9.15 Å². The summed E-state index contributed by atoms with van der Waals surface area (Å²) in [4.78, 5) is 19.0. The fourth-order valence-electron chi connectivity index (χ4n) is 3.08. The Kier molecular flexibility index (Phi) is 6.47. The summed E-state index contributed by atoms with van der Waals surface area (Å²) in [6, 6.07) is 6.92. The number of imidazole rings is 1. The largest absolute Gasteiger partial charge is 0.490 e. The van der Waals surface area contributed by atoms with E-state index >= 15 is 0 Å². The van der Waals surface area contributed by atoms with E-state index in [1.807, 2.05) is 23.6 Å². The summed E-state index contributed by atoms with van der Waals surface area (Å²) in [6.07, 6.45) is 5.63. The van der Waals surface area contributed by atoms with Crippen molar-refractivity contribution in [1.82, 2.24) is 13.7 Å². The van der Waals surface area contributed by atoms with E-state index in [9.17, 15) is 13.2 Å². The molecule has 3 aromatic heterocycles. The number of furan rings is 1. The average molecular weight is 435 g/mol. The highest BCUT2D eigenvalue weighted by atomic mass is 32.2. The maximum absolute atomic E-state index is 12.8. The molecule has 162 valence electrons. The Morgan fingerprint density at radius 2 is 2.03 bits per heavy atom. The molecule has 3 rings (SSSR count). The third-order valence-electron chi connectivity index (χ3n) is 4.79. The molecule has 1 amide bonds. The SMILES string of the molecule is CCc1nc2c(OCCCN(C)S(C)(=O)=O)cccn2c1N(C)C(=O)c1ccco1. The first-order valence-electron chi connectivity index (χ1n) is 9.59. The summed E-state index contributed by atoms with van der Waals surface area (Å²) in [7, 11) is 0.0121. The number of ether oxygens (including phenoxy) is 1. The molecule has 0 aromatic carbocycles. The van der Waals surface area contributed by atoms with Gasteiger partial charge in [-0.2, -0.15) is 0 Å². The molecule has 9 nitrogen and oxygen atoms in total. The van der Waals surface area contributed by atoms with Gasteiger partial charge < -0.3 is 9.15 Å². The first-order valence-corrected chi connectivity index (χ1v) is 11.4. The molecule has 0 saturated carbocycles. The van der Waals surface area contributed by atoms with Crippen molar-refractivity contribution in [3.05, 3.63) is 48.2 Å². The first kappa shape index (κ1) is 21.8. The third kappa shape index (κ3) is 4.49. The standard InChI is InChI=1S/C20H26N4O5S/c1-5-15-19(23(3)20(25)17-10-7-13-29-17)24-12-6-9-16(18(24)21-15)28-14-8-11-22(2)30(4,26)27/h6-7,9-10,12-13H,5,8,11,14H2,1-4H3. The minimum absolute atomic E-state index is 0.247. The number of aromatic nitrogens is 2. The van der Waals surface area contributed by atoms with Gasteiger partial charge in [-0.05, 0) is 37.1 Å². The fraction of sp³-hybridized carbons (Fsp3) is 0.400. The van der Waals surface area contributed by atoms with Gasteiger partial charge in [-0.25, -0.2) is 17.7 Å². The van der Waals surface area contributed by atoms with Gasteiger partial charge in [-0.3, -0.25) is 14.1 Å². The molecule has 30 heavy (non-hydrogen) atoms. The third-order valence-corrected chi connectivity index (χ3v) is 6.10. The lowest BCUT2D eigenvalue weighted by molar-refractivity contribution is 0.0965. The molecule has 3 aromatic rings. The number of sulfonamides is 1.